The van der Waals surface area contributed by atoms with E-state index in [0.717, 1.165) is 17.4 Å². The Morgan fingerprint density at radius 2 is 1.24 bits per heavy atom. The van der Waals surface area contributed by atoms with E-state index in [2.05, 4.69) is 0 Å². The second kappa shape index (κ2) is 10.8. The Balaban J connectivity index is 1.62. The zero-order valence-electron chi connectivity index (χ0n) is 23.8. The number of rotatable bonds is 6. The van der Waals surface area contributed by atoms with Crippen LogP contribution in [0.4, 0.5) is 9.59 Å². The summed E-state index contributed by atoms with van der Waals surface area (Å²) < 4.78 is 53.0. The van der Waals surface area contributed by atoms with Gasteiger partial charge in [0.2, 0.25) is 0 Å². The van der Waals surface area contributed by atoms with Crippen molar-refractivity contribution in [2.24, 2.45) is 0 Å². The van der Waals surface area contributed by atoms with E-state index in [4.69, 9.17) is 4.74 Å². The van der Waals surface area contributed by atoms with Crippen LogP contribution in [0.25, 0.3) is 0 Å². The van der Waals surface area contributed by atoms with E-state index >= 15 is 0 Å². The smallest absolute Gasteiger partial charge is 0.410 e. The van der Waals surface area contributed by atoms with Gasteiger partial charge < -0.3 is 14.5 Å². The third-order valence-electron chi connectivity index (χ3n) is 7.25. The highest BCUT2D eigenvalue weighted by atomic mass is 32.2. The minimum atomic E-state index is -3.41. The van der Waals surface area contributed by atoms with Gasteiger partial charge in [-0.25, -0.2) is 26.4 Å². The Labute approximate surface area is 240 Å². The van der Waals surface area contributed by atoms with Gasteiger partial charge in [-0.05, 0) is 69.0 Å². The van der Waals surface area contributed by atoms with Gasteiger partial charge in [-0.1, -0.05) is 24.3 Å². The molecule has 0 radical (unpaired) electrons. The molecule has 0 saturated carbocycles. The van der Waals surface area contributed by atoms with Crippen LogP contribution in [0, 0.1) is 0 Å². The number of nitrogens with zero attached hydrogens (tertiary/aromatic N) is 3. The Morgan fingerprint density at radius 3 is 1.66 bits per heavy atom. The van der Waals surface area contributed by atoms with Gasteiger partial charge >= 0.3 is 12.1 Å². The summed E-state index contributed by atoms with van der Waals surface area (Å²) in [5.41, 5.74) is -0.664. The predicted molar refractivity (Wildman–Crippen MR) is 150 cm³/mol. The van der Waals surface area contributed by atoms with E-state index < -0.39 is 48.8 Å². The van der Waals surface area contributed by atoms with Gasteiger partial charge in [0.05, 0.1) is 16.3 Å². The quantitative estimate of drug-likeness (QED) is 0.458. The first kappa shape index (κ1) is 30.5. The Kier molecular flexibility index (Phi) is 8.00. The van der Waals surface area contributed by atoms with Crippen LogP contribution in [-0.4, -0.2) is 86.3 Å². The molecule has 0 N–H and O–H groups in total. The van der Waals surface area contributed by atoms with E-state index in [1.54, 1.807) is 45.0 Å². The first-order valence-electron chi connectivity index (χ1n) is 13.1. The second-order valence-electron chi connectivity index (χ2n) is 11.6. The molecule has 1 spiro atoms. The molecule has 2 saturated heterocycles. The van der Waals surface area contributed by atoms with Gasteiger partial charge in [-0.2, -0.15) is 0 Å². The number of sulfone groups is 2. The second-order valence-corrected chi connectivity index (χ2v) is 15.6. The number of likely N-dealkylation sites (tertiary alicyclic amines) is 1. The first-order chi connectivity index (χ1) is 18.9. The highest BCUT2D eigenvalue weighted by molar-refractivity contribution is 7.91. The molecule has 0 unspecified atom stereocenters. The lowest BCUT2D eigenvalue weighted by Crippen LogP contribution is -2.57. The van der Waals surface area contributed by atoms with E-state index in [1.165, 1.54) is 34.1 Å². The number of ether oxygens (including phenoxy) is 1. The number of amides is 4. The average molecular weight is 606 g/mol. The molecule has 11 nitrogen and oxygen atoms in total. The number of benzene rings is 2. The molecule has 2 aromatic rings. The monoisotopic (exact) mass is 605 g/mol. The molecular weight excluding hydrogens is 570 g/mol. The molecule has 2 heterocycles. The first-order valence-corrected chi connectivity index (χ1v) is 16.9. The maximum atomic E-state index is 14.0. The number of carbonyl (C=O) groups excluding carboxylic acids is 3. The zero-order valence-corrected chi connectivity index (χ0v) is 25.4. The van der Waals surface area contributed by atoms with Crippen LogP contribution in [0.5, 0.6) is 0 Å². The van der Waals surface area contributed by atoms with Gasteiger partial charge in [-0.3, -0.25) is 9.69 Å². The number of urea groups is 1. The largest absolute Gasteiger partial charge is 0.444 e. The van der Waals surface area contributed by atoms with Crippen LogP contribution in [0.15, 0.2) is 58.3 Å². The lowest BCUT2D eigenvalue weighted by molar-refractivity contribution is -0.136. The molecule has 4 rings (SSSR count). The number of hydrogen-bond donors (Lipinski definition) is 0. The molecule has 0 aliphatic carbocycles. The molecule has 41 heavy (non-hydrogen) atoms. The average Bonchev–Trinajstić information content (AvgIpc) is 3.04. The van der Waals surface area contributed by atoms with Gasteiger partial charge in [0.25, 0.3) is 5.91 Å². The van der Waals surface area contributed by atoms with Crippen molar-refractivity contribution in [1.82, 2.24) is 14.7 Å². The minimum absolute atomic E-state index is 0.0528. The van der Waals surface area contributed by atoms with E-state index in [0.29, 0.717) is 11.1 Å². The molecule has 4 amide bonds. The fourth-order valence-corrected chi connectivity index (χ4v) is 6.32. The summed E-state index contributed by atoms with van der Waals surface area (Å²) in [5, 5.41) is 0. The summed E-state index contributed by atoms with van der Waals surface area (Å²) in [7, 11) is -6.81. The van der Waals surface area contributed by atoms with Crippen LogP contribution in [0.1, 0.15) is 44.7 Å². The van der Waals surface area contributed by atoms with Crippen LogP contribution in [0.2, 0.25) is 0 Å². The maximum absolute atomic E-state index is 14.0. The van der Waals surface area contributed by atoms with Gasteiger partial charge in [0, 0.05) is 32.1 Å². The summed E-state index contributed by atoms with van der Waals surface area (Å²) >= 11 is 0. The highest BCUT2D eigenvalue weighted by Gasteiger charge is 2.58. The van der Waals surface area contributed by atoms with Crippen molar-refractivity contribution in [3.63, 3.8) is 0 Å². The maximum Gasteiger partial charge on any atom is 0.410 e. The fourth-order valence-electron chi connectivity index (χ4n) is 5.06. The summed E-state index contributed by atoms with van der Waals surface area (Å²) in [6.07, 6.45) is 2.11. The van der Waals surface area contributed by atoms with Crippen molar-refractivity contribution in [1.29, 1.82) is 0 Å². The minimum Gasteiger partial charge on any atom is -0.444 e. The summed E-state index contributed by atoms with van der Waals surface area (Å²) in [6.45, 7) is 5.72. The molecule has 222 valence electrons. The van der Waals surface area contributed by atoms with Gasteiger partial charge in [0.15, 0.2) is 19.7 Å². The lowest BCUT2D eigenvalue weighted by Gasteiger charge is -2.42. The van der Waals surface area contributed by atoms with Crippen LogP contribution in [0.3, 0.4) is 0 Å². The van der Waals surface area contributed by atoms with Crippen molar-refractivity contribution in [3.05, 3.63) is 59.7 Å². The van der Waals surface area contributed by atoms with E-state index in [-0.39, 0.29) is 48.8 Å². The molecule has 2 aliphatic rings. The molecule has 2 aliphatic heterocycles. The zero-order chi connectivity index (χ0) is 30.4. The summed E-state index contributed by atoms with van der Waals surface area (Å²) in [4.78, 5) is 44.9. The molecule has 13 heteroatoms. The normalized spacial score (nSPS) is 17.8. The standard InChI is InChI=1S/C28H35N3O8S2/c1-27(2,3)39-26(34)29-16-14-28(15-17-29)24(32)30(18-20-6-10-22(11-7-20)40(4,35)36)25(33)31(28)19-21-8-12-23(13-9-21)41(5,37)38/h6-13H,14-19H2,1-5H3. The molecular formula is C28H35N3O8S2. The summed E-state index contributed by atoms with van der Waals surface area (Å²) in [6, 6.07) is 11.7. The number of hydrogen-bond acceptors (Lipinski definition) is 8. The van der Waals surface area contributed by atoms with Crippen LogP contribution < -0.4 is 0 Å². The molecule has 2 fully saturated rings. The molecule has 0 bridgehead atoms. The third kappa shape index (κ3) is 6.56. The van der Waals surface area contributed by atoms with Gasteiger partial charge in [0.1, 0.15) is 11.1 Å². The Bertz CT molecular complexity index is 1550. The van der Waals surface area contributed by atoms with Crippen molar-refractivity contribution in [3.8, 4) is 0 Å². The fraction of sp³-hybridized carbons (Fsp3) is 0.464. The predicted octanol–water partition coefficient (Wildman–Crippen LogP) is 3.23. The lowest BCUT2D eigenvalue weighted by atomic mass is 9.85. The van der Waals surface area contributed by atoms with E-state index in [1.807, 2.05) is 0 Å². The summed E-state index contributed by atoms with van der Waals surface area (Å²) in [5.74, 6) is -0.397. The third-order valence-corrected chi connectivity index (χ3v) is 9.51. The molecule has 0 aromatic heterocycles. The van der Waals surface area contributed by atoms with Crippen molar-refractivity contribution < 1.29 is 36.0 Å². The molecule has 0 atom stereocenters. The molecule has 2 aromatic carbocycles. The Hall–Kier alpha value is -3.45. The highest BCUT2D eigenvalue weighted by Crippen LogP contribution is 2.39. The van der Waals surface area contributed by atoms with Crippen LogP contribution in [-0.2, 0) is 42.3 Å². The number of imide groups is 1. The van der Waals surface area contributed by atoms with Crippen LogP contribution >= 0.6 is 0 Å². The topological polar surface area (TPSA) is 138 Å². The van der Waals surface area contributed by atoms with Gasteiger partial charge in [-0.15, -0.1) is 0 Å². The number of carbonyl (C=O) groups is 3. The van der Waals surface area contributed by atoms with Crippen molar-refractivity contribution in [2.75, 3.05) is 25.6 Å². The Morgan fingerprint density at radius 1 is 0.805 bits per heavy atom. The van der Waals surface area contributed by atoms with Crippen molar-refractivity contribution in [2.45, 2.75) is 67.6 Å². The number of piperidine rings is 1. The SMILES string of the molecule is CC(C)(C)OC(=O)N1CCC2(CC1)C(=O)N(Cc1ccc(S(C)(=O)=O)cc1)C(=O)N2Cc1ccc(S(C)(=O)=O)cc1. The van der Waals surface area contributed by atoms with Crippen molar-refractivity contribution >= 4 is 37.7 Å². The van der Waals surface area contributed by atoms with E-state index in [9.17, 15) is 31.2 Å².